The molecule has 78 valence electrons. The van der Waals surface area contributed by atoms with Crippen molar-refractivity contribution in [2.45, 2.75) is 33.4 Å². The van der Waals surface area contributed by atoms with Crippen molar-refractivity contribution in [2.24, 2.45) is 0 Å². The van der Waals surface area contributed by atoms with Gasteiger partial charge in [0, 0.05) is 6.54 Å². The minimum Gasteiger partial charge on any atom is -0.458 e. The van der Waals surface area contributed by atoms with Crippen LogP contribution < -0.4 is 5.73 Å². The summed E-state index contributed by atoms with van der Waals surface area (Å²) in [5.74, 6) is -0.282. The highest BCUT2D eigenvalue weighted by Gasteiger charge is 2.18. The fourth-order valence-corrected chi connectivity index (χ4v) is 0.969. The van der Waals surface area contributed by atoms with Crippen LogP contribution in [0, 0.1) is 0 Å². The summed E-state index contributed by atoms with van der Waals surface area (Å²) in [6.07, 6.45) is -0.186. The van der Waals surface area contributed by atoms with E-state index >= 15 is 0 Å². The van der Waals surface area contributed by atoms with E-state index in [1.165, 1.54) is 4.68 Å². The van der Waals surface area contributed by atoms with E-state index in [-0.39, 0.29) is 17.6 Å². The van der Waals surface area contributed by atoms with Gasteiger partial charge in [0.05, 0.1) is 6.10 Å². The number of nitrogen functional groups attached to an aromatic ring is 1. The Hall–Kier alpha value is -1.59. The predicted molar refractivity (Wildman–Crippen MR) is 50.7 cm³/mol. The van der Waals surface area contributed by atoms with Crippen LogP contribution in [0.2, 0.25) is 0 Å². The van der Waals surface area contributed by atoms with Crippen molar-refractivity contribution in [3.63, 3.8) is 0 Å². The van der Waals surface area contributed by atoms with Gasteiger partial charge in [0.1, 0.15) is 0 Å². The molecule has 1 rings (SSSR count). The van der Waals surface area contributed by atoms with E-state index in [1.807, 2.05) is 6.92 Å². The number of nitrogens with zero attached hydrogens (tertiary/aromatic N) is 3. The number of hydrogen-bond donors (Lipinski definition) is 1. The van der Waals surface area contributed by atoms with Crippen LogP contribution in [0.5, 0.6) is 0 Å². The Morgan fingerprint density at radius 2 is 2.29 bits per heavy atom. The van der Waals surface area contributed by atoms with Crippen LogP contribution in [0.3, 0.4) is 0 Å². The Labute approximate surface area is 82.0 Å². The van der Waals surface area contributed by atoms with E-state index in [0.717, 1.165) is 0 Å². The van der Waals surface area contributed by atoms with Crippen LogP contribution in [0.4, 0.5) is 5.82 Å². The van der Waals surface area contributed by atoms with E-state index in [1.54, 1.807) is 13.8 Å². The zero-order valence-electron chi connectivity index (χ0n) is 8.52. The molecule has 14 heavy (non-hydrogen) atoms. The molecule has 0 radical (unpaired) electrons. The molecule has 6 heteroatoms. The predicted octanol–water partition coefficient (Wildman–Crippen LogP) is 0.445. The van der Waals surface area contributed by atoms with Gasteiger partial charge in [0.2, 0.25) is 5.69 Å². The standard InChI is InChI=1S/C8H14N4O2/c1-4-12-7(9)6(10-11-12)8(13)14-5(2)3/h5H,4,9H2,1-3H3. The molecule has 0 spiro atoms. The molecule has 6 nitrogen and oxygen atoms in total. The molecule has 0 bridgehead atoms. The van der Waals surface area contributed by atoms with Gasteiger partial charge in [-0.2, -0.15) is 0 Å². The van der Waals surface area contributed by atoms with Gasteiger partial charge in [-0.15, -0.1) is 5.10 Å². The van der Waals surface area contributed by atoms with Crippen LogP contribution in [-0.2, 0) is 11.3 Å². The molecule has 0 saturated heterocycles. The maximum atomic E-state index is 11.4. The molecule has 0 aliphatic carbocycles. The van der Waals surface area contributed by atoms with E-state index in [9.17, 15) is 4.79 Å². The minimum absolute atomic E-state index is 0.0838. The van der Waals surface area contributed by atoms with Gasteiger partial charge in [-0.25, -0.2) is 9.48 Å². The topological polar surface area (TPSA) is 83.0 Å². The molecule has 0 fully saturated rings. The molecule has 0 saturated carbocycles. The van der Waals surface area contributed by atoms with E-state index in [0.29, 0.717) is 6.54 Å². The second kappa shape index (κ2) is 4.08. The maximum absolute atomic E-state index is 11.4. The minimum atomic E-state index is -0.530. The lowest BCUT2D eigenvalue weighted by molar-refractivity contribution is 0.0372. The van der Waals surface area contributed by atoms with Crippen molar-refractivity contribution in [3.05, 3.63) is 5.69 Å². The lowest BCUT2D eigenvalue weighted by Crippen LogP contribution is -2.14. The zero-order chi connectivity index (χ0) is 10.7. The van der Waals surface area contributed by atoms with Gasteiger partial charge in [-0.1, -0.05) is 5.21 Å². The van der Waals surface area contributed by atoms with Crippen LogP contribution in [0.25, 0.3) is 0 Å². The molecule has 1 aromatic rings. The Morgan fingerprint density at radius 3 is 2.71 bits per heavy atom. The summed E-state index contributed by atoms with van der Waals surface area (Å²) in [5, 5.41) is 7.36. The summed E-state index contributed by atoms with van der Waals surface area (Å²) >= 11 is 0. The van der Waals surface area contributed by atoms with Crippen LogP contribution in [0.1, 0.15) is 31.3 Å². The third-order valence-corrected chi connectivity index (χ3v) is 1.61. The van der Waals surface area contributed by atoms with Gasteiger partial charge < -0.3 is 10.5 Å². The highest BCUT2D eigenvalue weighted by atomic mass is 16.5. The van der Waals surface area contributed by atoms with Crippen molar-refractivity contribution in [2.75, 3.05) is 5.73 Å². The second-order valence-electron chi connectivity index (χ2n) is 3.09. The fraction of sp³-hybridized carbons (Fsp3) is 0.625. The highest BCUT2D eigenvalue weighted by Crippen LogP contribution is 2.09. The molecule has 0 amide bonds. The van der Waals surface area contributed by atoms with E-state index in [4.69, 9.17) is 10.5 Å². The SMILES string of the molecule is CCn1nnc(C(=O)OC(C)C)c1N. The first-order valence-electron chi connectivity index (χ1n) is 4.46. The summed E-state index contributed by atoms with van der Waals surface area (Å²) in [7, 11) is 0. The number of ether oxygens (including phenoxy) is 1. The molecular weight excluding hydrogens is 184 g/mol. The third kappa shape index (κ3) is 2.01. The molecule has 0 aliphatic rings. The molecule has 0 aromatic carbocycles. The van der Waals surface area contributed by atoms with Gasteiger partial charge in [-0.05, 0) is 20.8 Å². The normalized spacial score (nSPS) is 10.6. The Bertz CT molecular complexity index is 332. The monoisotopic (exact) mass is 198 g/mol. The summed E-state index contributed by atoms with van der Waals surface area (Å²) < 4.78 is 6.38. The number of aryl methyl sites for hydroxylation is 1. The molecule has 0 aliphatic heterocycles. The average molecular weight is 198 g/mol. The van der Waals surface area contributed by atoms with Crippen molar-refractivity contribution < 1.29 is 9.53 Å². The molecule has 0 unspecified atom stereocenters. The van der Waals surface area contributed by atoms with Crippen molar-refractivity contribution >= 4 is 11.8 Å². The van der Waals surface area contributed by atoms with Crippen molar-refractivity contribution in [1.82, 2.24) is 15.0 Å². The van der Waals surface area contributed by atoms with Crippen molar-refractivity contribution in [1.29, 1.82) is 0 Å². The van der Waals surface area contributed by atoms with Crippen LogP contribution in [-0.4, -0.2) is 27.1 Å². The second-order valence-corrected chi connectivity index (χ2v) is 3.09. The number of esters is 1. The van der Waals surface area contributed by atoms with Gasteiger partial charge in [-0.3, -0.25) is 0 Å². The maximum Gasteiger partial charge on any atom is 0.363 e. The number of anilines is 1. The number of carbonyl (C=O) groups is 1. The number of carbonyl (C=O) groups excluding carboxylic acids is 1. The third-order valence-electron chi connectivity index (χ3n) is 1.61. The lowest BCUT2D eigenvalue weighted by Gasteiger charge is -2.05. The first kappa shape index (κ1) is 10.5. The molecule has 1 aromatic heterocycles. The number of aromatic nitrogens is 3. The Balaban J connectivity index is 2.85. The summed E-state index contributed by atoms with van der Waals surface area (Å²) in [6, 6.07) is 0. The highest BCUT2D eigenvalue weighted by molar-refractivity contribution is 5.91. The first-order valence-corrected chi connectivity index (χ1v) is 4.46. The van der Waals surface area contributed by atoms with Gasteiger partial charge >= 0.3 is 5.97 Å². The number of nitrogens with two attached hydrogens (primary N) is 1. The Kier molecular flexibility index (Phi) is 3.06. The number of rotatable bonds is 3. The fourth-order valence-electron chi connectivity index (χ4n) is 0.969. The summed E-state index contributed by atoms with van der Waals surface area (Å²) in [5.41, 5.74) is 5.71. The van der Waals surface area contributed by atoms with Crippen molar-refractivity contribution in [3.8, 4) is 0 Å². The quantitative estimate of drug-likeness (QED) is 0.713. The smallest absolute Gasteiger partial charge is 0.363 e. The average Bonchev–Trinajstić information content (AvgIpc) is 2.45. The van der Waals surface area contributed by atoms with E-state index < -0.39 is 5.97 Å². The van der Waals surface area contributed by atoms with E-state index in [2.05, 4.69) is 10.3 Å². The lowest BCUT2D eigenvalue weighted by atomic mass is 10.4. The Morgan fingerprint density at radius 1 is 1.64 bits per heavy atom. The largest absolute Gasteiger partial charge is 0.458 e. The van der Waals surface area contributed by atoms with Crippen LogP contribution >= 0.6 is 0 Å². The molecular formula is C8H14N4O2. The first-order chi connectivity index (χ1) is 6.56. The molecule has 0 atom stereocenters. The summed E-state index contributed by atoms with van der Waals surface area (Å²) in [4.78, 5) is 11.4. The van der Waals surface area contributed by atoms with Crippen LogP contribution in [0.15, 0.2) is 0 Å². The summed E-state index contributed by atoms with van der Waals surface area (Å²) in [6.45, 7) is 5.97. The van der Waals surface area contributed by atoms with Gasteiger partial charge in [0.25, 0.3) is 0 Å². The molecule has 1 heterocycles. The molecule has 2 N–H and O–H groups in total. The number of hydrogen-bond acceptors (Lipinski definition) is 5. The zero-order valence-corrected chi connectivity index (χ0v) is 8.52. The van der Waals surface area contributed by atoms with Gasteiger partial charge in [0.15, 0.2) is 5.82 Å².